The summed E-state index contributed by atoms with van der Waals surface area (Å²) >= 11 is 4.01. The lowest BCUT2D eigenvalue weighted by Crippen LogP contribution is -2.22. The Kier molecular flexibility index (Phi) is 2.93. The molecule has 1 amide bonds. The lowest BCUT2D eigenvalue weighted by Gasteiger charge is -2.11. The van der Waals surface area contributed by atoms with E-state index >= 15 is 0 Å². The maximum atomic E-state index is 12.6. The predicted molar refractivity (Wildman–Crippen MR) is 51.7 cm³/mol. The van der Waals surface area contributed by atoms with Gasteiger partial charge in [-0.1, -0.05) is 0 Å². The fourth-order valence-corrected chi connectivity index (χ4v) is 1.22. The Balaban J connectivity index is 3.09. The molecule has 4 heteroatoms. The van der Waals surface area contributed by atoms with Crippen molar-refractivity contribution >= 4 is 18.5 Å². The highest BCUT2D eigenvalue weighted by molar-refractivity contribution is 7.80. The fourth-order valence-electron chi connectivity index (χ4n) is 0.927. The van der Waals surface area contributed by atoms with Crippen molar-refractivity contribution in [3.8, 4) is 0 Å². The van der Waals surface area contributed by atoms with Gasteiger partial charge in [0.15, 0.2) is 0 Å². The van der Waals surface area contributed by atoms with Crippen molar-refractivity contribution in [1.29, 1.82) is 0 Å². The fraction of sp³-hybridized carbons (Fsp3) is 0.222. The molecular formula is C9H10FNOS. The minimum atomic E-state index is -0.389. The van der Waals surface area contributed by atoms with Crippen molar-refractivity contribution in [2.45, 2.75) is 4.90 Å². The number of halogens is 1. The highest BCUT2D eigenvalue weighted by atomic mass is 32.1. The van der Waals surface area contributed by atoms with Gasteiger partial charge in [-0.3, -0.25) is 4.79 Å². The first kappa shape index (κ1) is 10.1. The number of carbonyl (C=O) groups is 1. The van der Waals surface area contributed by atoms with Gasteiger partial charge in [0.1, 0.15) is 5.82 Å². The normalized spacial score (nSPS) is 9.85. The Hall–Kier alpha value is -1.03. The van der Waals surface area contributed by atoms with Crippen molar-refractivity contribution in [2.75, 3.05) is 14.1 Å². The van der Waals surface area contributed by atoms with Gasteiger partial charge >= 0.3 is 0 Å². The molecule has 1 aromatic carbocycles. The number of nitrogens with zero attached hydrogens (tertiary/aromatic N) is 1. The molecule has 0 aliphatic heterocycles. The zero-order chi connectivity index (χ0) is 10.0. The maximum Gasteiger partial charge on any atom is 0.254 e. The molecule has 1 aromatic rings. The second-order valence-corrected chi connectivity index (χ2v) is 3.34. The van der Waals surface area contributed by atoms with Gasteiger partial charge < -0.3 is 4.90 Å². The third-order valence-corrected chi connectivity index (χ3v) is 1.97. The molecule has 13 heavy (non-hydrogen) atoms. The standard InChI is InChI=1S/C9H10FNOS/c1-11(2)9(12)7-4-3-6(10)5-8(7)13/h3-5,13H,1-2H3. The van der Waals surface area contributed by atoms with E-state index in [1.807, 2.05) is 0 Å². The van der Waals surface area contributed by atoms with E-state index in [2.05, 4.69) is 12.6 Å². The molecule has 0 saturated heterocycles. The third kappa shape index (κ3) is 2.21. The lowest BCUT2D eigenvalue weighted by molar-refractivity contribution is 0.0824. The van der Waals surface area contributed by atoms with Crippen molar-refractivity contribution in [1.82, 2.24) is 4.90 Å². The largest absolute Gasteiger partial charge is 0.345 e. The third-order valence-electron chi connectivity index (χ3n) is 1.60. The molecule has 0 bridgehead atoms. The van der Waals surface area contributed by atoms with E-state index in [9.17, 15) is 9.18 Å². The molecule has 0 saturated carbocycles. The summed E-state index contributed by atoms with van der Waals surface area (Å²) < 4.78 is 12.6. The minimum absolute atomic E-state index is 0.176. The number of carbonyl (C=O) groups excluding carboxylic acids is 1. The summed E-state index contributed by atoms with van der Waals surface area (Å²) in [7, 11) is 3.28. The topological polar surface area (TPSA) is 20.3 Å². The van der Waals surface area contributed by atoms with Gasteiger partial charge in [-0.25, -0.2) is 4.39 Å². The van der Waals surface area contributed by atoms with E-state index in [0.717, 1.165) is 0 Å². The summed E-state index contributed by atoms with van der Waals surface area (Å²) in [5.41, 5.74) is 0.412. The number of hydrogen-bond acceptors (Lipinski definition) is 2. The Morgan fingerprint density at radius 2 is 2.08 bits per heavy atom. The molecule has 70 valence electrons. The number of thiol groups is 1. The van der Waals surface area contributed by atoms with Gasteiger partial charge in [0, 0.05) is 19.0 Å². The van der Waals surface area contributed by atoms with Gasteiger partial charge in [0.2, 0.25) is 0 Å². The molecule has 0 spiro atoms. The van der Waals surface area contributed by atoms with Crippen molar-refractivity contribution in [3.63, 3.8) is 0 Å². The van der Waals surface area contributed by atoms with Crippen LogP contribution in [0.3, 0.4) is 0 Å². The zero-order valence-corrected chi connectivity index (χ0v) is 8.31. The molecular weight excluding hydrogens is 189 g/mol. The first-order chi connectivity index (χ1) is 6.02. The monoisotopic (exact) mass is 199 g/mol. The molecule has 2 nitrogen and oxygen atoms in total. The first-order valence-electron chi connectivity index (χ1n) is 3.72. The first-order valence-corrected chi connectivity index (χ1v) is 4.17. The number of hydrogen-bond donors (Lipinski definition) is 1. The van der Waals surface area contributed by atoms with Crippen LogP contribution < -0.4 is 0 Å². The van der Waals surface area contributed by atoms with Crippen LogP contribution in [-0.4, -0.2) is 24.9 Å². The van der Waals surface area contributed by atoms with Crippen LogP contribution in [0.1, 0.15) is 10.4 Å². The summed E-state index contributed by atoms with van der Waals surface area (Å²) in [5.74, 6) is -0.565. The second-order valence-electron chi connectivity index (χ2n) is 2.86. The molecule has 0 aliphatic rings. The van der Waals surface area contributed by atoms with E-state index < -0.39 is 0 Å². The number of amides is 1. The molecule has 0 aliphatic carbocycles. The Labute approximate surface area is 81.8 Å². The molecule has 0 N–H and O–H groups in total. The van der Waals surface area contributed by atoms with E-state index in [0.29, 0.717) is 10.5 Å². The van der Waals surface area contributed by atoms with E-state index in [4.69, 9.17) is 0 Å². The number of rotatable bonds is 1. The molecule has 0 aromatic heterocycles. The molecule has 0 unspecified atom stereocenters. The van der Waals surface area contributed by atoms with Crippen LogP contribution in [0.15, 0.2) is 23.1 Å². The average molecular weight is 199 g/mol. The summed E-state index contributed by atoms with van der Waals surface area (Å²) in [6.07, 6.45) is 0. The zero-order valence-electron chi connectivity index (χ0n) is 7.41. The summed E-state index contributed by atoms with van der Waals surface area (Å²) in [5, 5.41) is 0. The van der Waals surface area contributed by atoms with E-state index in [1.165, 1.54) is 23.1 Å². The van der Waals surface area contributed by atoms with Crippen molar-refractivity contribution < 1.29 is 9.18 Å². The number of benzene rings is 1. The molecule has 0 radical (unpaired) electrons. The summed E-state index contributed by atoms with van der Waals surface area (Å²) in [6, 6.07) is 3.90. The maximum absolute atomic E-state index is 12.6. The second kappa shape index (κ2) is 3.79. The SMILES string of the molecule is CN(C)C(=O)c1ccc(F)cc1S. The van der Waals surface area contributed by atoms with Crippen LogP contribution in [-0.2, 0) is 0 Å². The van der Waals surface area contributed by atoms with Gasteiger partial charge in [-0.15, -0.1) is 12.6 Å². The smallest absolute Gasteiger partial charge is 0.254 e. The van der Waals surface area contributed by atoms with Crippen LogP contribution in [0, 0.1) is 5.82 Å². The average Bonchev–Trinajstić information content (AvgIpc) is 2.03. The molecule has 1 rings (SSSR count). The van der Waals surface area contributed by atoms with Gasteiger partial charge in [-0.2, -0.15) is 0 Å². The predicted octanol–water partition coefficient (Wildman–Crippen LogP) is 1.82. The van der Waals surface area contributed by atoms with Crippen LogP contribution >= 0.6 is 12.6 Å². The quantitative estimate of drug-likeness (QED) is 0.684. The van der Waals surface area contributed by atoms with Gasteiger partial charge in [-0.05, 0) is 18.2 Å². The lowest BCUT2D eigenvalue weighted by atomic mass is 10.2. The van der Waals surface area contributed by atoms with Crippen molar-refractivity contribution in [2.24, 2.45) is 0 Å². The molecule has 0 heterocycles. The van der Waals surface area contributed by atoms with Gasteiger partial charge in [0.25, 0.3) is 5.91 Å². The molecule has 0 atom stereocenters. The van der Waals surface area contributed by atoms with Crippen LogP contribution in [0.5, 0.6) is 0 Å². The Bertz CT molecular complexity index is 338. The summed E-state index contributed by atoms with van der Waals surface area (Å²) in [4.78, 5) is 13.2. The Morgan fingerprint density at radius 1 is 1.46 bits per heavy atom. The van der Waals surface area contributed by atoms with Crippen LogP contribution in [0.4, 0.5) is 4.39 Å². The Morgan fingerprint density at radius 3 is 2.54 bits per heavy atom. The molecule has 0 fully saturated rings. The van der Waals surface area contributed by atoms with Crippen LogP contribution in [0.2, 0.25) is 0 Å². The van der Waals surface area contributed by atoms with Gasteiger partial charge in [0.05, 0.1) is 5.56 Å². The highest BCUT2D eigenvalue weighted by Gasteiger charge is 2.11. The minimum Gasteiger partial charge on any atom is -0.345 e. The van der Waals surface area contributed by atoms with E-state index in [-0.39, 0.29) is 11.7 Å². The highest BCUT2D eigenvalue weighted by Crippen LogP contribution is 2.16. The van der Waals surface area contributed by atoms with E-state index in [1.54, 1.807) is 14.1 Å². The van der Waals surface area contributed by atoms with Crippen LogP contribution in [0.25, 0.3) is 0 Å². The summed E-state index contributed by atoms with van der Waals surface area (Å²) in [6.45, 7) is 0. The van der Waals surface area contributed by atoms with Crippen molar-refractivity contribution in [3.05, 3.63) is 29.6 Å².